The van der Waals surface area contributed by atoms with E-state index in [1.807, 2.05) is 0 Å². The Hall–Kier alpha value is -1.92. The van der Waals surface area contributed by atoms with Crippen molar-refractivity contribution in [1.82, 2.24) is 5.32 Å². The van der Waals surface area contributed by atoms with Gasteiger partial charge in [0, 0.05) is 13.1 Å². The summed E-state index contributed by atoms with van der Waals surface area (Å²) in [4.78, 5) is 18.2. The molecule has 1 atom stereocenters. The number of aryl methyl sites for hydroxylation is 1. The normalized spacial score (nSPS) is 18.1. The molecule has 0 saturated carbocycles. The standard InChI is InChI=1S/C11H15NO.C2H2O4/c1-9-2-4-10(5-3-9)11-8-12-6-7-13-11;3-1(4)2(5)6/h2-5,11-12H,6-8H2,1H3;(H,3,4)(H,5,6). The highest BCUT2D eigenvalue weighted by atomic mass is 16.5. The quantitative estimate of drug-likeness (QED) is 0.652. The van der Waals surface area contributed by atoms with Gasteiger partial charge in [0.25, 0.3) is 0 Å². The van der Waals surface area contributed by atoms with Crippen LogP contribution in [0.2, 0.25) is 0 Å². The van der Waals surface area contributed by atoms with E-state index in [4.69, 9.17) is 24.5 Å². The molecule has 1 unspecified atom stereocenters. The Kier molecular flexibility index (Phi) is 5.98. The summed E-state index contributed by atoms with van der Waals surface area (Å²) in [5.74, 6) is -3.65. The van der Waals surface area contributed by atoms with Gasteiger partial charge in [0.2, 0.25) is 0 Å². The number of nitrogens with one attached hydrogen (secondary N) is 1. The van der Waals surface area contributed by atoms with Gasteiger partial charge in [0.05, 0.1) is 12.7 Å². The average Bonchev–Trinajstić information content (AvgIpc) is 2.41. The first-order chi connectivity index (χ1) is 9.00. The van der Waals surface area contributed by atoms with Crippen LogP contribution in [0.3, 0.4) is 0 Å². The van der Waals surface area contributed by atoms with Crippen LogP contribution in [0.25, 0.3) is 0 Å². The van der Waals surface area contributed by atoms with Gasteiger partial charge in [0.15, 0.2) is 0 Å². The number of ether oxygens (including phenoxy) is 1. The predicted molar refractivity (Wildman–Crippen MR) is 68.0 cm³/mol. The number of hydrogen-bond donors (Lipinski definition) is 3. The predicted octanol–water partition coefficient (Wildman–Crippen LogP) is 0.812. The molecule has 19 heavy (non-hydrogen) atoms. The van der Waals surface area contributed by atoms with E-state index in [9.17, 15) is 0 Å². The van der Waals surface area contributed by atoms with Crippen LogP contribution in [0.5, 0.6) is 0 Å². The number of carbonyl (C=O) groups is 2. The maximum Gasteiger partial charge on any atom is 0.414 e. The summed E-state index contributed by atoms with van der Waals surface area (Å²) in [6, 6.07) is 8.56. The summed E-state index contributed by atoms with van der Waals surface area (Å²) in [7, 11) is 0. The zero-order chi connectivity index (χ0) is 14.3. The van der Waals surface area contributed by atoms with Crippen molar-refractivity contribution in [3.05, 3.63) is 35.4 Å². The molecule has 0 spiro atoms. The van der Waals surface area contributed by atoms with Crippen molar-refractivity contribution in [1.29, 1.82) is 0 Å². The molecule has 1 heterocycles. The highest BCUT2D eigenvalue weighted by molar-refractivity contribution is 6.27. The van der Waals surface area contributed by atoms with Crippen LogP contribution in [0.1, 0.15) is 17.2 Å². The number of carboxylic acid groups (broad SMARTS) is 2. The third-order valence-corrected chi connectivity index (χ3v) is 2.56. The lowest BCUT2D eigenvalue weighted by Crippen LogP contribution is -2.33. The van der Waals surface area contributed by atoms with E-state index in [1.165, 1.54) is 11.1 Å². The number of hydrogen-bond acceptors (Lipinski definition) is 4. The zero-order valence-corrected chi connectivity index (χ0v) is 10.6. The molecular formula is C13H17NO5. The maximum absolute atomic E-state index is 9.10. The molecule has 1 aromatic rings. The van der Waals surface area contributed by atoms with Gasteiger partial charge in [-0.1, -0.05) is 29.8 Å². The molecule has 2 rings (SSSR count). The highest BCUT2D eigenvalue weighted by Crippen LogP contribution is 2.18. The SMILES string of the molecule is Cc1ccc(C2CNCCO2)cc1.O=C(O)C(=O)O. The Balaban J connectivity index is 0.000000258. The van der Waals surface area contributed by atoms with E-state index in [2.05, 4.69) is 36.5 Å². The Morgan fingerprint density at radius 1 is 1.21 bits per heavy atom. The van der Waals surface area contributed by atoms with E-state index in [0.29, 0.717) is 0 Å². The summed E-state index contributed by atoms with van der Waals surface area (Å²) in [6.45, 7) is 4.83. The lowest BCUT2D eigenvalue weighted by molar-refractivity contribution is -0.159. The van der Waals surface area contributed by atoms with Crippen LogP contribution in [-0.2, 0) is 14.3 Å². The van der Waals surface area contributed by atoms with Crippen molar-refractivity contribution < 1.29 is 24.5 Å². The molecule has 1 aliphatic rings. The second kappa shape index (κ2) is 7.50. The second-order valence-corrected chi connectivity index (χ2v) is 4.08. The smallest absolute Gasteiger partial charge is 0.414 e. The molecule has 0 aromatic heterocycles. The molecule has 6 heteroatoms. The van der Waals surface area contributed by atoms with Crippen molar-refractivity contribution in [2.24, 2.45) is 0 Å². The van der Waals surface area contributed by atoms with E-state index >= 15 is 0 Å². The maximum atomic E-state index is 9.10. The van der Waals surface area contributed by atoms with Crippen LogP contribution in [-0.4, -0.2) is 41.8 Å². The summed E-state index contributed by atoms with van der Waals surface area (Å²) in [5, 5.41) is 18.1. The molecule has 3 N–H and O–H groups in total. The van der Waals surface area contributed by atoms with Crippen molar-refractivity contribution >= 4 is 11.9 Å². The van der Waals surface area contributed by atoms with Crippen molar-refractivity contribution in [2.75, 3.05) is 19.7 Å². The molecule has 1 aromatic carbocycles. The van der Waals surface area contributed by atoms with Gasteiger partial charge < -0.3 is 20.3 Å². The van der Waals surface area contributed by atoms with Crippen LogP contribution >= 0.6 is 0 Å². The molecule has 1 saturated heterocycles. The fraction of sp³-hybridized carbons (Fsp3) is 0.385. The first kappa shape index (κ1) is 15.1. The zero-order valence-electron chi connectivity index (χ0n) is 10.6. The minimum atomic E-state index is -1.82. The van der Waals surface area contributed by atoms with Gasteiger partial charge >= 0.3 is 11.9 Å². The first-order valence-corrected chi connectivity index (χ1v) is 5.86. The number of rotatable bonds is 1. The summed E-state index contributed by atoms with van der Waals surface area (Å²) in [6.07, 6.45) is 0.245. The van der Waals surface area contributed by atoms with Crippen LogP contribution in [0, 0.1) is 6.92 Å². The van der Waals surface area contributed by atoms with Gasteiger partial charge in [-0.2, -0.15) is 0 Å². The van der Waals surface area contributed by atoms with E-state index in [1.54, 1.807) is 0 Å². The first-order valence-electron chi connectivity index (χ1n) is 5.86. The third-order valence-electron chi connectivity index (χ3n) is 2.56. The summed E-state index contributed by atoms with van der Waals surface area (Å²) < 4.78 is 5.64. The molecule has 6 nitrogen and oxygen atoms in total. The van der Waals surface area contributed by atoms with E-state index < -0.39 is 11.9 Å². The average molecular weight is 267 g/mol. The lowest BCUT2D eigenvalue weighted by atomic mass is 10.1. The third kappa shape index (κ3) is 5.50. The second-order valence-electron chi connectivity index (χ2n) is 4.08. The van der Waals surface area contributed by atoms with Crippen molar-refractivity contribution in [3.63, 3.8) is 0 Å². The Labute approximate surface area is 111 Å². The molecule has 0 radical (unpaired) electrons. The summed E-state index contributed by atoms with van der Waals surface area (Å²) >= 11 is 0. The molecule has 0 bridgehead atoms. The van der Waals surface area contributed by atoms with Crippen LogP contribution < -0.4 is 5.32 Å². The lowest BCUT2D eigenvalue weighted by Gasteiger charge is -2.23. The van der Waals surface area contributed by atoms with Crippen LogP contribution in [0.4, 0.5) is 0 Å². The molecule has 104 valence electrons. The molecular weight excluding hydrogens is 250 g/mol. The Bertz CT molecular complexity index is 411. The summed E-state index contributed by atoms with van der Waals surface area (Å²) in [5.41, 5.74) is 2.57. The molecule has 1 fully saturated rings. The van der Waals surface area contributed by atoms with E-state index in [-0.39, 0.29) is 6.10 Å². The Morgan fingerprint density at radius 3 is 2.21 bits per heavy atom. The molecule has 0 aliphatic carbocycles. The monoisotopic (exact) mass is 267 g/mol. The fourth-order valence-corrected chi connectivity index (χ4v) is 1.56. The minimum Gasteiger partial charge on any atom is -0.473 e. The van der Waals surface area contributed by atoms with Gasteiger partial charge in [-0.15, -0.1) is 0 Å². The molecule has 0 amide bonds. The van der Waals surface area contributed by atoms with Gasteiger partial charge in [-0.25, -0.2) is 9.59 Å². The number of aliphatic carboxylic acids is 2. The van der Waals surface area contributed by atoms with Crippen LogP contribution in [0.15, 0.2) is 24.3 Å². The fourth-order valence-electron chi connectivity index (χ4n) is 1.56. The van der Waals surface area contributed by atoms with Gasteiger partial charge in [-0.3, -0.25) is 0 Å². The van der Waals surface area contributed by atoms with E-state index in [0.717, 1.165) is 19.7 Å². The Morgan fingerprint density at radius 2 is 1.79 bits per heavy atom. The van der Waals surface area contributed by atoms with Gasteiger partial charge in [-0.05, 0) is 12.5 Å². The number of carboxylic acids is 2. The van der Waals surface area contributed by atoms with Gasteiger partial charge in [0.1, 0.15) is 0 Å². The minimum absolute atomic E-state index is 0.245. The largest absolute Gasteiger partial charge is 0.473 e. The topological polar surface area (TPSA) is 95.9 Å². The molecule has 1 aliphatic heterocycles. The van der Waals surface area contributed by atoms with Crippen molar-refractivity contribution in [2.45, 2.75) is 13.0 Å². The number of morpholine rings is 1. The highest BCUT2D eigenvalue weighted by Gasteiger charge is 2.14. The van der Waals surface area contributed by atoms with Crippen molar-refractivity contribution in [3.8, 4) is 0 Å². The number of benzene rings is 1.